The summed E-state index contributed by atoms with van der Waals surface area (Å²) in [7, 11) is 0. The van der Waals surface area contributed by atoms with Gasteiger partial charge in [-0.3, -0.25) is 9.69 Å². The first-order valence-corrected chi connectivity index (χ1v) is 10.2. The molecule has 0 bridgehead atoms. The third-order valence-electron chi connectivity index (χ3n) is 6.10. The predicted molar refractivity (Wildman–Crippen MR) is 121 cm³/mol. The molecule has 1 aliphatic heterocycles. The Morgan fingerprint density at radius 3 is 2.40 bits per heavy atom. The lowest BCUT2D eigenvalue weighted by Gasteiger charge is -2.37. The van der Waals surface area contributed by atoms with Crippen molar-refractivity contribution in [2.45, 2.75) is 45.2 Å². The van der Waals surface area contributed by atoms with Crippen LogP contribution in [0.15, 0.2) is 28.8 Å². The predicted octanol–water partition coefficient (Wildman–Crippen LogP) is 3.22. The van der Waals surface area contributed by atoms with Crippen LogP contribution in [0.2, 0.25) is 0 Å². The Morgan fingerprint density at radius 1 is 1.13 bits per heavy atom. The number of aromatic nitrogens is 2. The van der Waals surface area contributed by atoms with Gasteiger partial charge in [0.25, 0.3) is 0 Å². The Labute approximate surface area is 190 Å². The SMILES string of the molecule is Cc1ccc(-c2noc(C(C)N3CCN(C(=O)C4CCC(N)C4)CC3)n2)cc1.Cl.Cl. The molecule has 2 aliphatic rings. The maximum Gasteiger partial charge on any atom is 0.244 e. The molecule has 1 saturated carbocycles. The lowest BCUT2D eigenvalue weighted by molar-refractivity contribution is -0.137. The van der Waals surface area contributed by atoms with E-state index >= 15 is 0 Å². The maximum absolute atomic E-state index is 12.7. The van der Waals surface area contributed by atoms with Gasteiger partial charge in [0, 0.05) is 43.7 Å². The lowest BCUT2D eigenvalue weighted by atomic mass is 10.1. The van der Waals surface area contributed by atoms with Crippen molar-refractivity contribution in [3.8, 4) is 11.4 Å². The minimum atomic E-state index is 0. The quantitative estimate of drug-likeness (QED) is 0.760. The number of rotatable bonds is 4. The van der Waals surface area contributed by atoms with E-state index in [2.05, 4.69) is 28.9 Å². The average molecular weight is 456 g/mol. The number of amides is 1. The van der Waals surface area contributed by atoms with Crippen LogP contribution in [0, 0.1) is 12.8 Å². The van der Waals surface area contributed by atoms with Crippen LogP contribution in [-0.4, -0.2) is 58.1 Å². The lowest BCUT2D eigenvalue weighted by Crippen LogP contribution is -2.50. The molecule has 7 nitrogen and oxygen atoms in total. The van der Waals surface area contributed by atoms with Crippen LogP contribution in [-0.2, 0) is 4.79 Å². The minimum Gasteiger partial charge on any atom is -0.340 e. The molecule has 9 heteroatoms. The van der Waals surface area contributed by atoms with Crippen molar-refractivity contribution in [2.75, 3.05) is 26.2 Å². The van der Waals surface area contributed by atoms with Gasteiger partial charge in [-0.25, -0.2) is 0 Å². The number of nitrogens with zero attached hydrogens (tertiary/aromatic N) is 4. The van der Waals surface area contributed by atoms with Crippen LogP contribution < -0.4 is 5.73 Å². The summed E-state index contributed by atoms with van der Waals surface area (Å²) in [6.07, 6.45) is 2.73. The van der Waals surface area contributed by atoms with Gasteiger partial charge < -0.3 is 15.2 Å². The molecule has 30 heavy (non-hydrogen) atoms. The molecule has 1 aromatic carbocycles. The topological polar surface area (TPSA) is 88.5 Å². The highest BCUT2D eigenvalue weighted by molar-refractivity contribution is 5.85. The van der Waals surface area contributed by atoms with E-state index < -0.39 is 0 Å². The van der Waals surface area contributed by atoms with Gasteiger partial charge in [-0.2, -0.15) is 4.98 Å². The summed E-state index contributed by atoms with van der Waals surface area (Å²) >= 11 is 0. The summed E-state index contributed by atoms with van der Waals surface area (Å²) in [5.74, 6) is 1.64. The summed E-state index contributed by atoms with van der Waals surface area (Å²) in [5, 5.41) is 4.15. The fourth-order valence-corrected chi connectivity index (χ4v) is 4.21. The highest BCUT2D eigenvalue weighted by Crippen LogP contribution is 2.28. The second-order valence-electron chi connectivity index (χ2n) is 8.13. The molecule has 1 aromatic heterocycles. The van der Waals surface area contributed by atoms with Crippen LogP contribution >= 0.6 is 24.8 Å². The van der Waals surface area contributed by atoms with Crippen molar-refractivity contribution in [2.24, 2.45) is 11.7 Å². The standard InChI is InChI=1S/C21H29N5O2.2ClH/c1-14-3-5-16(6-4-14)19-23-20(28-24-19)15(2)25-9-11-26(12-10-25)21(27)17-7-8-18(22)13-17;;/h3-6,15,17-18H,7-13,22H2,1-2H3;2*1H. The number of hydrogen-bond donors (Lipinski definition) is 1. The number of nitrogens with two attached hydrogens (primary N) is 1. The van der Waals surface area contributed by atoms with Crippen LogP contribution in [0.3, 0.4) is 0 Å². The Balaban J connectivity index is 0.00000160. The number of carbonyl (C=O) groups is 1. The number of hydrogen-bond acceptors (Lipinski definition) is 6. The Bertz CT molecular complexity index is 821. The molecule has 2 aromatic rings. The Kier molecular flexibility index (Phi) is 8.67. The third-order valence-corrected chi connectivity index (χ3v) is 6.10. The zero-order valence-electron chi connectivity index (χ0n) is 17.5. The number of piperazine rings is 1. The summed E-state index contributed by atoms with van der Waals surface area (Å²) in [4.78, 5) is 21.6. The summed E-state index contributed by atoms with van der Waals surface area (Å²) < 4.78 is 5.53. The van der Waals surface area contributed by atoms with Gasteiger partial charge in [0.15, 0.2) is 0 Å². The van der Waals surface area contributed by atoms with Crippen molar-refractivity contribution < 1.29 is 9.32 Å². The van der Waals surface area contributed by atoms with E-state index in [1.807, 2.05) is 29.2 Å². The van der Waals surface area contributed by atoms with Crippen LogP contribution in [0.1, 0.15) is 43.7 Å². The molecular weight excluding hydrogens is 425 g/mol. The van der Waals surface area contributed by atoms with Crippen LogP contribution in [0.5, 0.6) is 0 Å². The molecule has 166 valence electrons. The van der Waals surface area contributed by atoms with Crippen molar-refractivity contribution in [1.29, 1.82) is 0 Å². The minimum absolute atomic E-state index is 0. The summed E-state index contributed by atoms with van der Waals surface area (Å²) in [5.41, 5.74) is 8.13. The molecule has 3 unspecified atom stereocenters. The first-order chi connectivity index (χ1) is 13.5. The molecule has 1 aliphatic carbocycles. The highest BCUT2D eigenvalue weighted by atomic mass is 35.5. The smallest absolute Gasteiger partial charge is 0.244 e. The van der Waals surface area contributed by atoms with Gasteiger partial charge in [0.05, 0.1) is 6.04 Å². The fraction of sp³-hybridized carbons (Fsp3) is 0.571. The molecule has 3 atom stereocenters. The largest absolute Gasteiger partial charge is 0.340 e. The van der Waals surface area contributed by atoms with Gasteiger partial charge in [-0.1, -0.05) is 35.0 Å². The second kappa shape index (κ2) is 10.6. The monoisotopic (exact) mass is 455 g/mol. The van der Waals surface area contributed by atoms with Crippen LogP contribution in [0.4, 0.5) is 0 Å². The van der Waals surface area contributed by atoms with Gasteiger partial charge in [-0.05, 0) is 33.1 Å². The van der Waals surface area contributed by atoms with E-state index in [4.69, 9.17) is 10.3 Å². The number of benzene rings is 1. The highest BCUT2D eigenvalue weighted by Gasteiger charge is 2.33. The van der Waals surface area contributed by atoms with E-state index in [1.54, 1.807) is 0 Å². The number of halogens is 2. The molecule has 2 N–H and O–H groups in total. The molecule has 0 radical (unpaired) electrons. The van der Waals surface area contributed by atoms with Crippen LogP contribution in [0.25, 0.3) is 11.4 Å². The first-order valence-electron chi connectivity index (χ1n) is 10.2. The zero-order chi connectivity index (χ0) is 19.7. The molecule has 2 heterocycles. The Hall–Kier alpha value is -1.67. The zero-order valence-corrected chi connectivity index (χ0v) is 19.1. The third kappa shape index (κ3) is 5.32. The second-order valence-corrected chi connectivity index (χ2v) is 8.13. The van der Waals surface area contributed by atoms with Crippen molar-refractivity contribution in [3.05, 3.63) is 35.7 Å². The molecule has 2 fully saturated rings. The molecule has 1 saturated heterocycles. The van der Waals surface area contributed by atoms with E-state index in [1.165, 1.54) is 5.56 Å². The van der Waals surface area contributed by atoms with Crippen molar-refractivity contribution in [1.82, 2.24) is 19.9 Å². The Morgan fingerprint density at radius 2 is 1.80 bits per heavy atom. The van der Waals surface area contributed by atoms with Gasteiger partial charge in [0.2, 0.25) is 17.6 Å². The summed E-state index contributed by atoms with van der Waals surface area (Å²) in [6, 6.07) is 8.33. The van der Waals surface area contributed by atoms with Crippen molar-refractivity contribution in [3.63, 3.8) is 0 Å². The average Bonchev–Trinajstić information content (AvgIpc) is 3.37. The molecule has 4 rings (SSSR count). The fourth-order valence-electron chi connectivity index (χ4n) is 4.21. The van der Waals surface area contributed by atoms with E-state index in [9.17, 15) is 4.79 Å². The summed E-state index contributed by atoms with van der Waals surface area (Å²) in [6.45, 7) is 7.25. The number of aryl methyl sites for hydroxylation is 1. The van der Waals surface area contributed by atoms with Crippen molar-refractivity contribution >= 4 is 30.7 Å². The van der Waals surface area contributed by atoms with Gasteiger partial charge >= 0.3 is 0 Å². The molecule has 1 amide bonds. The van der Waals surface area contributed by atoms with E-state index in [0.717, 1.165) is 51.0 Å². The maximum atomic E-state index is 12.7. The number of carbonyl (C=O) groups excluding carboxylic acids is 1. The van der Waals surface area contributed by atoms with Gasteiger partial charge in [-0.15, -0.1) is 24.8 Å². The first kappa shape index (κ1) is 24.6. The molecular formula is C21H31Cl2N5O2. The van der Waals surface area contributed by atoms with Gasteiger partial charge in [0.1, 0.15) is 0 Å². The van der Waals surface area contributed by atoms with E-state index in [-0.39, 0.29) is 48.7 Å². The van der Waals surface area contributed by atoms with E-state index in [0.29, 0.717) is 11.7 Å². The normalized spacial score (nSPS) is 22.8. The molecule has 0 spiro atoms.